The molecule has 0 radical (unpaired) electrons. The standard InChI is InChI=1S/C14H19N5O2S/c1-22(20,21)19-7-2-3-13(19)5-4-12-9-14(17-10-16-12)18-8-6-15-11-18/h6,8-11,13H,2-5,7H2,1H3/t13-/m1/s1. The molecular formula is C14H19N5O2S. The van der Waals surface area contributed by atoms with Crippen LogP contribution in [0.1, 0.15) is 25.0 Å². The van der Waals surface area contributed by atoms with E-state index in [1.807, 2.05) is 16.8 Å². The molecule has 0 saturated carbocycles. The Bertz CT molecular complexity index is 729. The summed E-state index contributed by atoms with van der Waals surface area (Å²) in [6, 6.07) is 2.00. The van der Waals surface area contributed by atoms with Crippen LogP contribution in [0.5, 0.6) is 0 Å². The summed E-state index contributed by atoms with van der Waals surface area (Å²) in [5.41, 5.74) is 0.916. The van der Waals surface area contributed by atoms with Gasteiger partial charge in [0.15, 0.2) is 0 Å². The summed E-state index contributed by atoms with van der Waals surface area (Å²) in [5.74, 6) is 0.772. The van der Waals surface area contributed by atoms with Crippen molar-refractivity contribution in [1.82, 2.24) is 23.8 Å². The van der Waals surface area contributed by atoms with Crippen molar-refractivity contribution in [3.63, 3.8) is 0 Å². The van der Waals surface area contributed by atoms with Crippen molar-refractivity contribution in [2.45, 2.75) is 31.7 Å². The number of imidazole rings is 1. The average Bonchev–Trinajstić information content (AvgIpc) is 3.16. The maximum Gasteiger partial charge on any atom is 0.211 e. The Morgan fingerprint density at radius 3 is 2.95 bits per heavy atom. The normalized spacial score (nSPS) is 19.6. The first kappa shape index (κ1) is 15.1. The van der Waals surface area contributed by atoms with Gasteiger partial charge in [0.25, 0.3) is 0 Å². The molecule has 0 aliphatic carbocycles. The molecule has 3 rings (SSSR count). The van der Waals surface area contributed by atoms with E-state index >= 15 is 0 Å². The van der Waals surface area contributed by atoms with Crippen LogP contribution in [0.3, 0.4) is 0 Å². The second-order valence-corrected chi connectivity index (χ2v) is 7.48. The lowest BCUT2D eigenvalue weighted by molar-refractivity contribution is 0.372. The minimum atomic E-state index is -3.11. The molecule has 118 valence electrons. The minimum Gasteiger partial charge on any atom is -0.290 e. The maximum atomic E-state index is 11.8. The fraction of sp³-hybridized carbons (Fsp3) is 0.500. The molecule has 3 heterocycles. The number of sulfonamides is 1. The summed E-state index contributed by atoms with van der Waals surface area (Å²) in [5, 5.41) is 0. The second kappa shape index (κ2) is 6.13. The highest BCUT2D eigenvalue weighted by atomic mass is 32.2. The highest BCUT2D eigenvalue weighted by molar-refractivity contribution is 7.88. The van der Waals surface area contributed by atoms with Gasteiger partial charge < -0.3 is 0 Å². The number of aromatic nitrogens is 4. The average molecular weight is 321 g/mol. The summed E-state index contributed by atoms with van der Waals surface area (Å²) >= 11 is 0. The van der Waals surface area contributed by atoms with E-state index in [4.69, 9.17) is 0 Å². The van der Waals surface area contributed by atoms with E-state index in [1.54, 1.807) is 16.8 Å². The van der Waals surface area contributed by atoms with Crippen LogP contribution >= 0.6 is 0 Å². The predicted octanol–water partition coefficient (Wildman–Crippen LogP) is 1.02. The van der Waals surface area contributed by atoms with Crippen LogP contribution in [0.25, 0.3) is 5.82 Å². The molecule has 1 aliphatic rings. The first-order chi connectivity index (χ1) is 10.5. The van der Waals surface area contributed by atoms with Gasteiger partial charge in [0.05, 0.1) is 6.26 Å². The van der Waals surface area contributed by atoms with Gasteiger partial charge in [-0.1, -0.05) is 0 Å². The van der Waals surface area contributed by atoms with E-state index < -0.39 is 10.0 Å². The van der Waals surface area contributed by atoms with Gasteiger partial charge in [-0.25, -0.2) is 23.4 Å². The van der Waals surface area contributed by atoms with Crippen LogP contribution in [0.15, 0.2) is 31.1 Å². The van der Waals surface area contributed by atoms with Gasteiger partial charge in [0, 0.05) is 36.7 Å². The van der Waals surface area contributed by atoms with E-state index in [1.165, 1.54) is 12.6 Å². The molecule has 1 atom stereocenters. The predicted molar refractivity (Wildman–Crippen MR) is 82.0 cm³/mol. The Labute approximate surface area is 130 Å². The molecular weight excluding hydrogens is 302 g/mol. The lowest BCUT2D eigenvalue weighted by Crippen LogP contribution is -2.34. The number of hydrogen-bond acceptors (Lipinski definition) is 5. The third-order valence-corrected chi connectivity index (χ3v) is 5.29. The van der Waals surface area contributed by atoms with Gasteiger partial charge >= 0.3 is 0 Å². The molecule has 0 unspecified atom stereocenters. The molecule has 2 aromatic heterocycles. The van der Waals surface area contributed by atoms with Crippen LogP contribution in [-0.2, 0) is 16.4 Å². The Hall–Kier alpha value is -1.80. The van der Waals surface area contributed by atoms with Crippen molar-refractivity contribution in [2.24, 2.45) is 0 Å². The summed E-state index contributed by atoms with van der Waals surface area (Å²) in [6.07, 6.45) is 11.4. The van der Waals surface area contributed by atoms with Gasteiger partial charge in [0.2, 0.25) is 10.0 Å². The number of nitrogens with zero attached hydrogens (tertiary/aromatic N) is 5. The summed E-state index contributed by atoms with van der Waals surface area (Å²) in [4.78, 5) is 12.5. The van der Waals surface area contributed by atoms with Crippen LogP contribution in [0.4, 0.5) is 0 Å². The first-order valence-electron chi connectivity index (χ1n) is 7.30. The van der Waals surface area contributed by atoms with E-state index in [2.05, 4.69) is 15.0 Å². The van der Waals surface area contributed by atoms with Crippen molar-refractivity contribution in [3.05, 3.63) is 36.8 Å². The fourth-order valence-electron chi connectivity index (χ4n) is 2.91. The third-order valence-electron chi connectivity index (χ3n) is 3.96. The van der Waals surface area contributed by atoms with Gasteiger partial charge in [-0.05, 0) is 25.7 Å². The van der Waals surface area contributed by atoms with Crippen LogP contribution < -0.4 is 0 Å². The highest BCUT2D eigenvalue weighted by Gasteiger charge is 2.30. The third kappa shape index (κ3) is 3.33. The summed E-state index contributed by atoms with van der Waals surface area (Å²) in [6.45, 7) is 0.633. The number of rotatable bonds is 5. The molecule has 7 nitrogen and oxygen atoms in total. The smallest absolute Gasteiger partial charge is 0.211 e. The maximum absolute atomic E-state index is 11.8. The topological polar surface area (TPSA) is 81.0 Å². The zero-order chi connectivity index (χ0) is 15.6. The van der Waals surface area contributed by atoms with Crippen LogP contribution in [0, 0.1) is 0 Å². The van der Waals surface area contributed by atoms with Crippen molar-refractivity contribution in [1.29, 1.82) is 0 Å². The Balaban J connectivity index is 1.68. The lowest BCUT2D eigenvalue weighted by Gasteiger charge is -2.21. The van der Waals surface area contributed by atoms with Gasteiger partial charge in [-0.15, -0.1) is 0 Å². The Kier molecular flexibility index (Phi) is 4.21. The SMILES string of the molecule is CS(=O)(=O)N1CCC[C@@H]1CCc1cc(-n2ccnc2)ncn1. The fourth-order valence-corrected chi connectivity index (χ4v) is 4.12. The Morgan fingerprint density at radius 2 is 2.23 bits per heavy atom. The molecule has 0 bridgehead atoms. The summed E-state index contributed by atoms with van der Waals surface area (Å²) in [7, 11) is -3.11. The molecule has 1 saturated heterocycles. The van der Waals surface area contributed by atoms with Crippen molar-refractivity contribution in [2.75, 3.05) is 12.8 Å². The molecule has 0 spiro atoms. The molecule has 2 aromatic rings. The monoisotopic (exact) mass is 321 g/mol. The van der Waals surface area contributed by atoms with Gasteiger partial charge in [0.1, 0.15) is 18.5 Å². The molecule has 22 heavy (non-hydrogen) atoms. The van der Waals surface area contributed by atoms with Crippen molar-refractivity contribution < 1.29 is 8.42 Å². The van der Waals surface area contributed by atoms with Crippen LogP contribution in [0.2, 0.25) is 0 Å². The highest BCUT2D eigenvalue weighted by Crippen LogP contribution is 2.24. The van der Waals surface area contributed by atoms with Crippen molar-refractivity contribution >= 4 is 10.0 Å². The van der Waals surface area contributed by atoms with E-state index in [-0.39, 0.29) is 6.04 Å². The quantitative estimate of drug-likeness (QED) is 0.821. The Morgan fingerprint density at radius 1 is 1.36 bits per heavy atom. The second-order valence-electron chi connectivity index (χ2n) is 5.55. The summed E-state index contributed by atoms with van der Waals surface area (Å²) < 4.78 is 26.9. The van der Waals surface area contributed by atoms with Crippen LogP contribution in [-0.4, -0.2) is 51.1 Å². The molecule has 0 aromatic carbocycles. The number of hydrogen-bond donors (Lipinski definition) is 0. The lowest BCUT2D eigenvalue weighted by atomic mass is 10.1. The van der Waals surface area contributed by atoms with E-state index in [0.717, 1.165) is 37.2 Å². The number of aryl methyl sites for hydroxylation is 1. The van der Waals surface area contributed by atoms with Crippen molar-refractivity contribution in [3.8, 4) is 5.82 Å². The zero-order valence-corrected chi connectivity index (χ0v) is 13.3. The molecule has 1 fully saturated rings. The molecule has 8 heteroatoms. The first-order valence-corrected chi connectivity index (χ1v) is 9.15. The largest absolute Gasteiger partial charge is 0.290 e. The molecule has 0 amide bonds. The molecule has 0 N–H and O–H groups in total. The van der Waals surface area contributed by atoms with E-state index in [0.29, 0.717) is 6.54 Å². The molecule has 1 aliphatic heterocycles. The van der Waals surface area contributed by atoms with Gasteiger partial charge in [-0.2, -0.15) is 4.31 Å². The van der Waals surface area contributed by atoms with Gasteiger partial charge in [-0.3, -0.25) is 4.57 Å². The van der Waals surface area contributed by atoms with E-state index in [9.17, 15) is 8.42 Å². The zero-order valence-electron chi connectivity index (χ0n) is 12.5. The minimum absolute atomic E-state index is 0.0849.